The number of hydrogen-bond donors (Lipinski definition) is 1. The molecule has 3 aromatic rings. The lowest BCUT2D eigenvalue weighted by atomic mass is 10.2. The van der Waals surface area contributed by atoms with Gasteiger partial charge in [-0.3, -0.25) is 10.1 Å². The maximum Gasteiger partial charge on any atom is 0.334 e. The topological polar surface area (TPSA) is 102 Å². The van der Waals surface area contributed by atoms with Crippen LogP contribution in [-0.2, 0) is 0 Å². The lowest BCUT2D eigenvalue weighted by molar-refractivity contribution is -0.384. The molecule has 0 spiro atoms. The molecular weight excluding hydrogens is 350 g/mol. The van der Waals surface area contributed by atoms with Crippen molar-refractivity contribution in [3.8, 4) is 17.6 Å². The fraction of sp³-hybridized carbons (Fsp3) is 0. The fourth-order valence-electron chi connectivity index (χ4n) is 2.33. The average Bonchev–Trinajstić information content (AvgIpc) is 2.62. The minimum absolute atomic E-state index is 0.000342. The number of hydrogen-bond acceptors (Lipinski definition) is 6. The second-order valence-corrected chi connectivity index (χ2v) is 6.39. The Morgan fingerprint density at radius 2 is 1.69 bits per heavy atom. The van der Waals surface area contributed by atoms with Crippen molar-refractivity contribution in [2.24, 2.45) is 0 Å². The van der Waals surface area contributed by atoms with Gasteiger partial charge in [0.05, 0.1) is 10.5 Å². The van der Waals surface area contributed by atoms with Crippen molar-refractivity contribution in [2.45, 2.75) is 9.79 Å². The van der Waals surface area contributed by atoms with E-state index in [0.29, 0.717) is 4.90 Å². The third-order valence-electron chi connectivity index (χ3n) is 3.47. The van der Waals surface area contributed by atoms with Crippen LogP contribution in [-0.4, -0.2) is 4.92 Å². The monoisotopic (exact) mass is 363 g/mol. The number of nitriles is 1. The van der Waals surface area contributed by atoms with Gasteiger partial charge in [-0.2, -0.15) is 5.26 Å². The lowest BCUT2D eigenvalue weighted by Crippen LogP contribution is -2.00. The number of rotatable bonds is 5. The highest BCUT2D eigenvalue weighted by Crippen LogP contribution is 2.42. The zero-order valence-corrected chi connectivity index (χ0v) is 14.3. The summed E-state index contributed by atoms with van der Waals surface area (Å²) in [6.45, 7) is 0. The van der Waals surface area contributed by atoms with Crippen molar-refractivity contribution in [1.82, 2.24) is 0 Å². The first-order chi connectivity index (χ1) is 12.6. The molecule has 0 amide bonds. The minimum Gasteiger partial charge on any atom is -0.449 e. The molecule has 0 saturated carbocycles. The average molecular weight is 363 g/mol. The van der Waals surface area contributed by atoms with E-state index in [9.17, 15) is 15.4 Å². The Balaban J connectivity index is 2.04. The molecule has 0 atom stereocenters. The zero-order valence-electron chi connectivity index (χ0n) is 13.5. The molecule has 0 radical (unpaired) electrons. The highest BCUT2D eigenvalue weighted by atomic mass is 32.2. The summed E-state index contributed by atoms with van der Waals surface area (Å²) >= 11 is 1.41. The van der Waals surface area contributed by atoms with Crippen molar-refractivity contribution in [3.05, 3.63) is 82.4 Å². The molecule has 26 heavy (non-hydrogen) atoms. The first kappa shape index (κ1) is 17.3. The largest absolute Gasteiger partial charge is 0.449 e. The van der Waals surface area contributed by atoms with Crippen LogP contribution in [0, 0.1) is 21.4 Å². The predicted molar refractivity (Wildman–Crippen MR) is 99.3 cm³/mol. The van der Waals surface area contributed by atoms with E-state index in [0.717, 1.165) is 4.90 Å². The van der Waals surface area contributed by atoms with Gasteiger partial charge in [0.1, 0.15) is 17.5 Å². The van der Waals surface area contributed by atoms with E-state index in [4.69, 9.17) is 10.5 Å². The molecule has 0 fully saturated rings. The van der Waals surface area contributed by atoms with E-state index in [2.05, 4.69) is 0 Å². The number of nitrogen functional groups attached to an aromatic ring is 1. The quantitative estimate of drug-likeness (QED) is 0.389. The Labute approximate surface area is 154 Å². The summed E-state index contributed by atoms with van der Waals surface area (Å²) in [6, 6.07) is 21.2. The van der Waals surface area contributed by atoms with Gasteiger partial charge in [0.25, 0.3) is 0 Å². The van der Waals surface area contributed by atoms with E-state index in [1.54, 1.807) is 36.4 Å². The highest BCUT2D eigenvalue weighted by molar-refractivity contribution is 7.99. The summed E-state index contributed by atoms with van der Waals surface area (Å²) < 4.78 is 5.69. The summed E-state index contributed by atoms with van der Waals surface area (Å²) in [7, 11) is 0. The maximum absolute atomic E-state index is 11.4. The van der Waals surface area contributed by atoms with Crippen molar-refractivity contribution in [3.63, 3.8) is 0 Å². The minimum atomic E-state index is -0.587. The smallest absolute Gasteiger partial charge is 0.334 e. The van der Waals surface area contributed by atoms with Crippen LogP contribution in [0.2, 0.25) is 0 Å². The second kappa shape index (κ2) is 7.59. The third kappa shape index (κ3) is 3.77. The Hall–Kier alpha value is -3.50. The Morgan fingerprint density at radius 1 is 1.00 bits per heavy atom. The summed E-state index contributed by atoms with van der Waals surface area (Å²) in [6.07, 6.45) is 0. The molecular formula is C19H13N3O3S. The van der Waals surface area contributed by atoms with Crippen molar-refractivity contribution < 1.29 is 9.66 Å². The summed E-state index contributed by atoms with van der Waals surface area (Å²) in [5, 5.41) is 20.6. The second-order valence-electron chi connectivity index (χ2n) is 5.24. The molecule has 0 aromatic heterocycles. The van der Waals surface area contributed by atoms with Crippen LogP contribution in [0.5, 0.6) is 11.5 Å². The molecule has 6 nitrogen and oxygen atoms in total. The van der Waals surface area contributed by atoms with Crippen LogP contribution in [0.3, 0.4) is 0 Å². The first-order valence-corrected chi connectivity index (χ1v) is 8.38. The lowest BCUT2D eigenvalue weighted by Gasteiger charge is -2.11. The van der Waals surface area contributed by atoms with Crippen LogP contribution in [0.1, 0.15) is 5.56 Å². The molecule has 0 heterocycles. The SMILES string of the molecule is N#Cc1ccccc1Oc1cc(Sc2ccccc2)cc(N)c1[N+](=O)[O-]. The number of ether oxygens (including phenoxy) is 1. The Morgan fingerprint density at radius 3 is 2.38 bits per heavy atom. The third-order valence-corrected chi connectivity index (χ3v) is 4.45. The molecule has 0 saturated heterocycles. The Kier molecular flexibility index (Phi) is 5.06. The van der Waals surface area contributed by atoms with Gasteiger partial charge in [-0.15, -0.1) is 0 Å². The molecule has 3 aromatic carbocycles. The molecule has 0 aliphatic heterocycles. The fourth-order valence-corrected chi connectivity index (χ4v) is 3.24. The van der Waals surface area contributed by atoms with Crippen molar-refractivity contribution >= 4 is 23.1 Å². The van der Waals surface area contributed by atoms with Crippen LogP contribution in [0.4, 0.5) is 11.4 Å². The normalized spacial score (nSPS) is 10.1. The predicted octanol–water partition coefficient (Wildman–Crippen LogP) is 4.99. The van der Waals surface area contributed by atoms with Crippen LogP contribution >= 0.6 is 11.8 Å². The number of nitrogens with two attached hydrogens (primary N) is 1. The number of nitro benzene ring substituents is 1. The number of anilines is 1. The molecule has 128 valence electrons. The van der Waals surface area contributed by atoms with Crippen LogP contribution in [0.15, 0.2) is 76.5 Å². The number of nitro groups is 1. The standard InChI is InChI=1S/C19H13N3O3S/c20-12-13-6-4-5-9-17(13)25-18-11-15(10-16(21)19(18)22(23)24)26-14-7-2-1-3-8-14/h1-11H,21H2. The van der Waals surface area contributed by atoms with Gasteiger partial charge >= 0.3 is 5.69 Å². The van der Waals surface area contributed by atoms with E-state index in [1.165, 1.54) is 11.8 Å². The van der Waals surface area contributed by atoms with Gasteiger partial charge in [0.2, 0.25) is 5.75 Å². The molecule has 0 aliphatic rings. The molecule has 3 rings (SSSR count). The van der Waals surface area contributed by atoms with Gasteiger partial charge < -0.3 is 10.5 Å². The summed E-state index contributed by atoms with van der Waals surface area (Å²) in [4.78, 5) is 12.5. The van der Waals surface area contributed by atoms with E-state index < -0.39 is 4.92 Å². The van der Waals surface area contributed by atoms with Gasteiger partial charge in [-0.25, -0.2) is 0 Å². The molecule has 0 unspecified atom stereocenters. The van der Waals surface area contributed by atoms with Gasteiger partial charge in [-0.1, -0.05) is 42.1 Å². The first-order valence-electron chi connectivity index (χ1n) is 7.56. The van der Waals surface area contributed by atoms with Gasteiger partial charge in [-0.05, 0) is 30.3 Å². The molecule has 2 N–H and O–H groups in total. The summed E-state index contributed by atoms with van der Waals surface area (Å²) in [5.41, 5.74) is 5.86. The van der Waals surface area contributed by atoms with Crippen LogP contribution < -0.4 is 10.5 Å². The van der Waals surface area contributed by atoms with Crippen LogP contribution in [0.25, 0.3) is 0 Å². The number of benzene rings is 3. The molecule has 0 aliphatic carbocycles. The summed E-state index contributed by atoms with van der Waals surface area (Å²) in [5.74, 6) is 0.232. The Bertz CT molecular complexity index is 1000. The molecule has 0 bridgehead atoms. The molecule has 7 heteroatoms. The van der Waals surface area contributed by atoms with Crippen molar-refractivity contribution in [1.29, 1.82) is 5.26 Å². The van der Waals surface area contributed by atoms with Gasteiger partial charge in [0.15, 0.2) is 0 Å². The van der Waals surface area contributed by atoms with Gasteiger partial charge in [0, 0.05) is 15.9 Å². The zero-order chi connectivity index (χ0) is 18.5. The number of nitrogens with zero attached hydrogens (tertiary/aromatic N) is 2. The maximum atomic E-state index is 11.4. The number of para-hydroxylation sites is 1. The van der Waals surface area contributed by atoms with Crippen molar-refractivity contribution in [2.75, 3.05) is 5.73 Å². The highest BCUT2D eigenvalue weighted by Gasteiger charge is 2.23. The van der Waals surface area contributed by atoms with E-state index in [-0.39, 0.29) is 28.4 Å². The van der Waals surface area contributed by atoms with E-state index >= 15 is 0 Å². The van der Waals surface area contributed by atoms with E-state index in [1.807, 2.05) is 36.4 Å².